The van der Waals surface area contributed by atoms with E-state index in [0.29, 0.717) is 22.1 Å². The van der Waals surface area contributed by atoms with Crippen molar-refractivity contribution in [3.63, 3.8) is 0 Å². The van der Waals surface area contributed by atoms with E-state index in [-0.39, 0.29) is 12.2 Å². The molecule has 1 aromatic heterocycles. The quantitative estimate of drug-likeness (QED) is 0.668. The Morgan fingerprint density at radius 1 is 1.32 bits per heavy atom. The van der Waals surface area contributed by atoms with Crippen LogP contribution in [0.25, 0.3) is 17.4 Å². The Morgan fingerprint density at radius 2 is 2.09 bits per heavy atom. The summed E-state index contributed by atoms with van der Waals surface area (Å²) in [6.07, 6.45) is 2.32. The molecule has 0 saturated heterocycles. The van der Waals surface area contributed by atoms with Crippen LogP contribution in [-0.2, 0) is 9.53 Å². The summed E-state index contributed by atoms with van der Waals surface area (Å²) in [7, 11) is 0. The third-order valence-electron chi connectivity index (χ3n) is 2.76. The van der Waals surface area contributed by atoms with Crippen LogP contribution in [0.5, 0.6) is 0 Å². The van der Waals surface area contributed by atoms with Crippen molar-refractivity contribution >= 4 is 29.6 Å². The summed E-state index contributed by atoms with van der Waals surface area (Å²) in [5, 5.41) is 8.87. The number of halogens is 1. The molecular formula is C16H13ClO5. The van der Waals surface area contributed by atoms with Crippen LogP contribution in [0.1, 0.15) is 23.0 Å². The zero-order chi connectivity index (χ0) is 16.1. The Kier molecular flexibility index (Phi) is 5.01. The van der Waals surface area contributed by atoms with Crippen LogP contribution in [0.2, 0.25) is 5.02 Å². The van der Waals surface area contributed by atoms with E-state index in [1.165, 1.54) is 6.08 Å². The van der Waals surface area contributed by atoms with E-state index in [1.807, 2.05) is 0 Å². The van der Waals surface area contributed by atoms with Crippen LogP contribution < -0.4 is 0 Å². The average molecular weight is 321 g/mol. The summed E-state index contributed by atoms with van der Waals surface area (Å²) in [6, 6.07) is 8.17. The van der Waals surface area contributed by atoms with Gasteiger partial charge >= 0.3 is 11.9 Å². The molecule has 1 heterocycles. The molecule has 0 spiro atoms. The Bertz CT molecular complexity index is 730. The van der Waals surface area contributed by atoms with Gasteiger partial charge in [0, 0.05) is 11.6 Å². The number of furan rings is 1. The summed E-state index contributed by atoms with van der Waals surface area (Å²) in [5.74, 6) is -0.682. The minimum Gasteiger partial charge on any atom is -0.478 e. The molecule has 0 amide bonds. The third-order valence-corrected chi connectivity index (χ3v) is 3.09. The molecular weight excluding hydrogens is 308 g/mol. The number of carboxylic acids is 1. The van der Waals surface area contributed by atoms with E-state index in [0.717, 1.165) is 6.08 Å². The first kappa shape index (κ1) is 15.9. The highest BCUT2D eigenvalue weighted by molar-refractivity contribution is 6.33. The Labute approximate surface area is 131 Å². The zero-order valence-corrected chi connectivity index (χ0v) is 12.5. The van der Waals surface area contributed by atoms with Crippen molar-refractivity contribution < 1.29 is 23.8 Å². The van der Waals surface area contributed by atoms with Crippen LogP contribution in [0.3, 0.4) is 0 Å². The molecule has 0 bridgehead atoms. The van der Waals surface area contributed by atoms with Gasteiger partial charge in [-0.3, -0.25) is 0 Å². The molecule has 2 rings (SSSR count). The van der Waals surface area contributed by atoms with Crippen molar-refractivity contribution in [2.24, 2.45) is 0 Å². The number of rotatable bonds is 5. The lowest BCUT2D eigenvalue weighted by molar-refractivity contribution is -0.131. The minimum absolute atomic E-state index is 0.250. The number of esters is 1. The lowest BCUT2D eigenvalue weighted by atomic mass is 10.1. The SMILES string of the molecule is CCOC(=O)c1cc(-c2ccc(/C=C/C(=O)O)o2)ccc1Cl. The Morgan fingerprint density at radius 3 is 2.77 bits per heavy atom. The molecule has 5 nitrogen and oxygen atoms in total. The number of hydrogen-bond donors (Lipinski definition) is 1. The number of benzene rings is 1. The number of carboxylic acid groups (broad SMARTS) is 1. The molecule has 0 aliphatic heterocycles. The van der Waals surface area contributed by atoms with Gasteiger partial charge in [-0.05, 0) is 43.3 Å². The number of hydrogen-bond acceptors (Lipinski definition) is 4. The van der Waals surface area contributed by atoms with Crippen molar-refractivity contribution in [2.75, 3.05) is 6.61 Å². The van der Waals surface area contributed by atoms with Gasteiger partial charge in [0.15, 0.2) is 0 Å². The van der Waals surface area contributed by atoms with Gasteiger partial charge in [0.2, 0.25) is 0 Å². The maximum absolute atomic E-state index is 11.8. The van der Waals surface area contributed by atoms with Gasteiger partial charge in [-0.15, -0.1) is 0 Å². The smallest absolute Gasteiger partial charge is 0.339 e. The van der Waals surface area contributed by atoms with Gasteiger partial charge in [0.05, 0.1) is 17.2 Å². The van der Waals surface area contributed by atoms with Gasteiger partial charge in [-0.1, -0.05) is 11.6 Å². The van der Waals surface area contributed by atoms with Crippen LogP contribution in [0, 0.1) is 0 Å². The number of carbonyl (C=O) groups excluding carboxylic acids is 1. The van der Waals surface area contributed by atoms with Crippen molar-refractivity contribution in [3.05, 3.63) is 52.8 Å². The van der Waals surface area contributed by atoms with Crippen molar-refractivity contribution in [2.45, 2.75) is 6.92 Å². The second kappa shape index (κ2) is 6.95. The molecule has 114 valence electrons. The van der Waals surface area contributed by atoms with Crippen molar-refractivity contribution in [3.8, 4) is 11.3 Å². The van der Waals surface area contributed by atoms with Gasteiger partial charge in [0.1, 0.15) is 11.5 Å². The van der Waals surface area contributed by atoms with E-state index in [1.54, 1.807) is 37.3 Å². The normalized spacial score (nSPS) is 10.8. The van der Waals surface area contributed by atoms with Crippen LogP contribution in [0.15, 0.2) is 40.8 Å². The largest absolute Gasteiger partial charge is 0.478 e. The first-order chi connectivity index (χ1) is 10.5. The third kappa shape index (κ3) is 3.77. The number of ether oxygens (including phenoxy) is 1. The molecule has 0 atom stereocenters. The first-order valence-electron chi connectivity index (χ1n) is 6.49. The summed E-state index contributed by atoms with van der Waals surface area (Å²) in [4.78, 5) is 22.3. The second-order valence-corrected chi connectivity index (χ2v) is 4.70. The highest BCUT2D eigenvalue weighted by Crippen LogP contribution is 2.27. The predicted molar refractivity (Wildman–Crippen MR) is 81.8 cm³/mol. The summed E-state index contributed by atoms with van der Waals surface area (Å²) in [6.45, 7) is 1.97. The predicted octanol–water partition coefficient (Wildman–Crippen LogP) is 3.87. The van der Waals surface area contributed by atoms with E-state index >= 15 is 0 Å². The molecule has 1 N–H and O–H groups in total. The van der Waals surface area contributed by atoms with Gasteiger partial charge < -0.3 is 14.3 Å². The summed E-state index contributed by atoms with van der Waals surface area (Å²) < 4.78 is 10.4. The summed E-state index contributed by atoms with van der Waals surface area (Å²) >= 11 is 6.00. The molecule has 0 aliphatic carbocycles. The highest BCUT2D eigenvalue weighted by atomic mass is 35.5. The number of carbonyl (C=O) groups is 2. The monoisotopic (exact) mass is 320 g/mol. The molecule has 0 saturated carbocycles. The molecule has 0 aliphatic rings. The lowest BCUT2D eigenvalue weighted by Gasteiger charge is -2.05. The maximum atomic E-state index is 11.8. The Balaban J connectivity index is 2.31. The summed E-state index contributed by atoms with van der Waals surface area (Å²) in [5.41, 5.74) is 0.891. The fourth-order valence-corrected chi connectivity index (χ4v) is 1.99. The fraction of sp³-hybridized carbons (Fsp3) is 0.125. The first-order valence-corrected chi connectivity index (χ1v) is 6.87. The van der Waals surface area contributed by atoms with E-state index in [2.05, 4.69) is 0 Å². The zero-order valence-electron chi connectivity index (χ0n) is 11.7. The topological polar surface area (TPSA) is 76.7 Å². The van der Waals surface area contributed by atoms with Gasteiger partial charge in [-0.2, -0.15) is 0 Å². The molecule has 6 heteroatoms. The van der Waals surface area contributed by atoms with E-state index < -0.39 is 11.9 Å². The van der Waals surface area contributed by atoms with Gasteiger partial charge in [-0.25, -0.2) is 9.59 Å². The molecule has 2 aromatic rings. The Hall–Kier alpha value is -2.53. The molecule has 0 unspecified atom stereocenters. The number of aliphatic carboxylic acids is 1. The minimum atomic E-state index is -1.06. The van der Waals surface area contributed by atoms with Crippen molar-refractivity contribution in [1.82, 2.24) is 0 Å². The highest BCUT2D eigenvalue weighted by Gasteiger charge is 2.14. The maximum Gasteiger partial charge on any atom is 0.339 e. The van der Waals surface area contributed by atoms with Crippen LogP contribution in [-0.4, -0.2) is 23.7 Å². The second-order valence-electron chi connectivity index (χ2n) is 4.29. The standard InChI is InChI=1S/C16H13ClO5/c1-2-21-16(20)12-9-10(3-6-13(12)17)14-7-4-11(22-14)5-8-15(18)19/h3-9H,2H2,1H3,(H,18,19)/b8-5+. The van der Waals surface area contributed by atoms with Crippen LogP contribution >= 0.6 is 11.6 Å². The van der Waals surface area contributed by atoms with E-state index in [4.69, 9.17) is 25.9 Å². The van der Waals surface area contributed by atoms with Gasteiger partial charge in [0.25, 0.3) is 0 Å². The molecule has 0 fully saturated rings. The van der Waals surface area contributed by atoms with Crippen molar-refractivity contribution in [1.29, 1.82) is 0 Å². The molecule has 1 aromatic carbocycles. The van der Waals surface area contributed by atoms with Crippen LogP contribution in [0.4, 0.5) is 0 Å². The fourth-order valence-electron chi connectivity index (χ4n) is 1.79. The average Bonchev–Trinajstić information content (AvgIpc) is 2.94. The molecule has 22 heavy (non-hydrogen) atoms. The lowest BCUT2D eigenvalue weighted by Crippen LogP contribution is -2.05. The molecule has 0 radical (unpaired) electrons. The van der Waals surface area contributed by atoms with E-state index in [9.17, 15) is 9.59 Å².